The van der Waals surface area contributed by atoms with Crippen LogP contribution in [-0.4, -0.2) is 46.8 Å². The maximum Gasteiger partial charge on any atom is 0.488 e. The first-order valence-corrected chi connectivity index (χ1v) is 15.0. The summed E-state index contributed by atoms with van der Waals surface area (Å²) in [5.41, 5.74) is 6.25. The number of imide groups is 1. The number of fused-ring (bicyclic) bond motifs is 3. The van der Waals surface area contributed by atoms with Crippen LogP contribution in [0.5, 0.6) is 5.75 Å². The molecule has 1 aliphatic carbocycles. The van der Waals surface area contributed by atoms with Crippen LogP contribution in [0.25, 0.3) is 11.6 Å². The van der Waals surface area contributed by atoms with Gasteiger partial charge in [-0.25, -0.2) is 0 Å². The van der Waals surface area contributed by atoms with Gasteiger partial charge >= 0.3 is 7.12 Å². The average molecular weight is 577 g/mol. The van der Waals surface area contributed by atoms with Crippen LogP contribution in [0.4, 0.5) is 5.69 Å². The van der Waals surface area contributed by atoms with Crippen molar-refractivity contribution in [2.45, 2.75) is 39.2 Å². The van der Waals surface area contributed by atoms with Crippen LogP contribution in [0.1, 0.15) is 44.2 Å². The Balaban J connectivity index is 1.28. The van der Waals surface area contributed by atoms with E-state index in [1.807, 2.05) is 30.3 Å². The number of benzene rings is 3. The normalized spacial score (nSPS) is 23.7. The molecule has 0 radical (unpaired) electrons. The van der Waals surface area contributed by atoms with Crippen molar-refractivity contribution in [3.63, 3.8) is 0 Å². The third-order valence-corrected chi connectivity index (χ3v) is 9.12. The first kappa shape index (κ1) is 29.1. The van der Waals surface area contributed by atoms with Gasteiger partial charge in [-0.15, -0.1) is 0 Å². The van der Waals surface area contributed by atoms with Crippen molar-refractivity contribution in [1.82, 2.24) is 0 Å². The average Bonchev–Trinajstić information content (AvgIpc) is 3.54. The van der Waals surface area contributed by atoms with E-state index in [-0.39, 0.29) is 41.0 Å². The molecule has 3 aliphatic rings. The maximum absolute atomic E-state index is 13.9. The van der Waals surface area contributed by atoms with Crippen LogP contribution in [0.15, 0.2) is 90.0 Å². The van der Waals surface area contributed by atoms with Crippen molar-refractivity contribution in [3.8, 4) is 5.75 Å². The van der Waals surface area contributed by atoms with Gasteiger partial charge in [0.15, 0.2) is 0 Å². The molecule has 220 valence electrons. The quantitative estimate of drug-likeness (QED) is 0.157. The standard InChI is InChI=1S/C35H36BNO6/c1-21(2)28-19-29-33(35(40)37(34(29)39)26-10-6-9-25(18-26)36(41)42)30-20-43-31(32(28)30)16-13-24(23-7-4-3-5-8-23)17-22-11-14-27(38)15-12-22/h3-12,14-15,17-18,21,29-31,33,38,41-42H,13,16,19-20H2,1-2H3/b24-17-/t29-,30+,31-,33-/m1/s1. The molecular formula is C35H36BNO6. The van der Waals surface area contributed by atoms with Crippen molar-refractivity contribution in [2.75, 3.05) is 11.5 Å². The highest BCUT2D eigenvalue weighted by molar-refractivity contribution is 6.58. The van der Waals surface area contributed by atoms with E-state index in [9.17, 15) is 24.7 Å². The van der Waals surface area contributed by atoms with E-state index in [1.54, 1.807) is 30.3 Å². The lowest BCUT2D eigenvalue weighted by Gasteiger charge is -2.33. The fourth-order valence-electron chi connectivity index (χ4n) is 7.05. The Morgan fingerprint density at radius 3 is 2.42 bits per heavy atom. The first-order chi connectivity index (χ1) is 20.7. The van der Waals surface area contributed by atoms with E-state index in [1.165, 1.54) is 22.1 Å². The Morgan fingerprint density at radius 1 is 0.977 bits per heavy atom. The number of aromatic hydroxyl groups is 1. The third kappa shape index (κ3) is 5.58. The lowest BCUT2D eigenvalue weighted by atomic mass is 9.67. The molecule has 7 nitrogen and oxygen atoms in total. The topological polar surface area (TPSA) is 107 Å². The lowest BCUT2D eigenvalue weighted by molar-refractivity contribution is -0.122. The predicted octanol–water partition coefficient (Wildman–Crippen LogP) is 4.57. The van der Waals surface area contributed by atoms with Gasteiger partial charge in [0.2, 0.25) is 11.8 Å². The monoisotopic (exact) mass is 577 g/mol. The summed E-state index contributed by atoms with van der Waals surface area (Å²) in [5, 5.41) is 29.1. The summed E-state index contributed by atoms with van der Waals surface area (Å²) in [6.07, 6.45) is 4.00. The molecule has 0 saturated carbocycles. The molecule has 3 aromatic carbocycles. The fourth-order valence-corrected chi connectivity index (χ4v) is 7.05. The van der Waals surface area contributed by atoms with Gasteiger partial charge in [-0.1, -0.05) is 80.1 Å². The lowest BCUT2D eigenvalue weighted by Crippen LogP contribution is -2.36. The van der Waals surface area contributed by atoms with E-state index in [0.717, 1.165) is 29.5 Å². The van der Waals surface area contributed by atoms with E-state index in [2.05, 4.69) is 32.1 Å². The van der Waals surface area contributed by atoms with Crippen LogP contribution < -0.4 is 10.4 Å². The minimum absolute atomic E-state index is 0.153. The van der Waals surface area contributed by atoms with Crippen molar-refractivity contribution >= 4 is 41.7 Å². The molecule has 6 rings (SSSR count). The zero-order valence-electron chi connectivity index (χ0n) is 24.4. The molecule has 8 heteroatoms. The number of hydrogen-bond acceptors (Lipinski definition) is 6. The zero-order chi connectivity index (χ0) is 30.2. The van der Waals surface area contributed by atoms with Gasteiger partial charge in [-0.3, -0.25) is 14.5 Å². The number of carbonyl (C=O) groups excluding carboxylic acids is 2. The Morgan fingerprint density at radius 2 is 1.72 bits per heavy atom. The molecule has 4 atom stereocenters. The fraction of sp³-hybridized carbons (Fsp3) is 0.314. The number of amides is 2. The molecule has 0 bridgehead atoms. The van der Waals surface area contributed by atoms with E-state index < -0.39 is 19.0 Å². The summed E-state index contributed by atoms with van der Waals surface area (Å²) < 4.78 is 6.45. The SMILES string of the molecule is CC(C)C1=C2[C@@H](CC/C(=C/c3ccc(O)cc3)c3ccccc3)OC[C@@H]2[C@@H]2C(=O)N(c3cccc(B(O)O)c3)C(=O)[C@@H]2C1. The summed E-state index contributed by atoms with van der Waals surface area (Å²) in [7, 11) is -1.69. The highest BCUT2D eigenvalue weighted by Crippen LogP contribution is 2.52. The van der Waals surface area contributed by atoms with Crippen molar-refractivity contribution in [2.24, 2.45) is 23.7 Å². The van der Waals surface area contributed by atoms with Crippen LogP contribution >= 0.6 is 0 Å². The van der Waals surface area contributed by atoms with Crippen LogP contribution in [0.3, 0.4) is 0 Å². The number of allylic oxidation sites excluding steroid dienone is 2. The molecule has 43 heavy (non-hydrogen) atoms. The van der Waals surface area contributed by atoms with Crippen LogP contribution in [0, 0.1) is 23.7 Å². The number of carbonyl (C=O) groups is 2. The van der Waals surface area contributed by atoms with Crippen molar-refractivity contribution in [1.29, 1.82) is 0 Å². The Kier molecular flexibility index (Phi) is 8.10. The largest absolute Gasteiger partial charge is 0.508 e. The highest BCUT2D eigenvalue weighted by Gasteiger charge is 2.57. The Bertz CT molecular complexity index is 1580. The molecule has 2 saturated heterocycles. The van der Waals surface area contributed by atoms with Gasteiger partial charge in [-0.05, 0) is 77.2 Å². The van der Waals surface area contributed by atoms with Gasteiger partial charge in [0.25, 0.3) is 0 Å². The number of hydrogen-bond donors (Lipinski definition) is 3. The molecule has 0 aromatic heterocycles. The zero-order valence-corrected chi connectivity index (χ0v) is 24.4. The third-order valence-electron chi connectivity index (χ3n) is 9.12. The molecule has 0 unspecified atom stereocenters. The summed E-state index contributed by atoms with van der Waals surface area (Å²) in [4.78, 5) is 28.9. The smallest absolute Gasteiger partial charge is 0.488 e. The van der Waals surface area contributed by atoms with Gasteiger partial charge in [0.1, 0.15) is 5.75 Å². The van der Waals surface area contributed by atoms with Gasteiger partial charge in [0, 0.05) is 5.92 Å². The van der Waals surface area contributed by atoms with E-state index in [4.69, 9.17) is 4.74 Å². The maximum atomic E-state index is 13.9. The van der Waals surface area contributed by atoms with Gasteiger partial charge < -0.3 is 19.9 Å². The molecule has 2 fully saturated rings. The summed E-state index contributed by atoms with van der Waals surface area (Å²) in [6, 6.07) is 23.7. The highest BCUT2D eigenvalue weighted by atomic mass is 16.5. The number of phenolic OH excluding ortho intramolecular Hbond substituents is 1. The van der Waals surface area contributed by atoms with Crippen molar-refractivity contribution < 1.29 is 29.5 Å². The predicted molar refractivity (Wildman–Crippen MR) is 167 cm³/mol. The minimum atomic E-state index is -1.69. The van der Waals surface area contributed by atoms with Crippen LogP contribution in [0.2, 0.25) is 0 Å². The second kappa shape index (κ2) is 12.0. The van der Waals surface area contributed by atoms with Gasteiger partial charge in [0.05, 0.1) is 30.2 Å². The summed E-state index contributed by atoms with van der Waals surface area (Å²) >= 11 is 0. The number of nitrogens with zero attached hydrogens (tertiary/aromatic N) is 1. The summed E-state index contributed by atoms with van der Waals surface area (Å²) in [5.74, 6) is -1.18. The second-order valence-electron chi connectivity index (χ2n) is 12.0. The number of phenols is 1. The molecule has 2 heterocycles. The molecule has 2 aliphatic heterocycles. The molecular weight excluding hydrogens is 541 g/mol. The Labute approximate surface area is 252 Å². The molecule has 0 spiro atoms. The first-order valence-electron chi connectivity index (χ1n) is 15.0. The molecule has 3 N–H and O–H groups in total. The minimum Gasteiger partial charge on any atom is -0.508 e. The second-order valence-corrected chi connectivity index (χ2v) is 12.0. The van der Waals surface area contributed by atoms with Crippen LogP contribution in [-0.2, 0) is 14.3 Å². The number of ether oxygens (including phenoxy) is 1. The van der Waals surface area contributed by atoms with Gasteiger partial charge in [-0.2, -0.15) is 0 Å². The number of anilines is 1. The van der Waals surface area contributed by atoms with Crippen molar-refractivity contribution in [3.05, 3.63) is 101 Å². The molecule has 2 amide bonds. The van der Waals surface area contributed by atoms with E-state index >= 15 is 0 Å². The van der Waals surface area contributed by atoms with E-state index in [0.29, 0.717) is 18.7 Å². The molecule has 3 aromatic rings. The Hall–Kier alpha value is -3.98. The summed E-state index contributed by atoms with van der Waals surface area (Å²) in [6.45, 7) is 4.67. The number of rotatable bonds is 8.